The topological polar surface area (TPSA) is 83.7 Å². The summed E-state index contributed by atoms with van der Waals surface area (Å²) in [6.07, 6.45) is 1.70. The Morgan fingerprint density at radius 2 is 2.10 bits per heavy atom. The third-order valence-electron chi connectivity index (χ3n) is 3.02. The Kier molecular flexibility index (Phi) is 6.11. The minimum atomic E-state index is -0.552. The van der Waals surface area contributed by atoms with E-state index in [1.807, 2.05) is 6.92 Å². The van der Waals surface area contributed by atoms with Crippen molar-refractivity contribution in [3.63, 3.8) is 0 Å². The number of hydrogen-bond acceptors (Lipinski definition) is 4. The van der Waals surface area contributed by atoms with Crippen molar-refractivity contribution in [3.8, 4) is 0 Å². The van der Waals surface area contributed by atoms with Crippen LogP contribution in [0.5, 0.6) is 0 Å². The average Bonchev–Trinajstić information content (AvgIpc) is 2.42. The number of unbranched alkanes of at least 4 members (excludes halogenated alkanes) is 1. The molecule has 1 amide bonds. The second-order valence-electron chi connectivity index (χ2n) is 4.65. The van der Waals surface area contributed by atoms with Crippen LogP contribution in [0, 0.1) is 17.0 Å². The van der Waals surface area contributed by atoms with Crippen molar-refractivity contribution >= 4 is 11.6 Å². The van der Waals surface area contributed by atoms with E-state index in [9.17, 15) is 14.9 Å². The SMILES string of the molecule is CCCCN(CCO)C(=O)c1cc(C)ccc1[N+](=O)[O-]. The highest BCUT2D eigenvalue weighted by Gasteiger charge is 2.24. The number of rotatable bonds is 7. The van der Waals surface area contributed by atoms with Gasteiger partial charge in [-0.15, -0.1) is 0 Å². The zero-order valence-corrected chi connectivity index (χ0v) is 11.8. The third kappa shape index (κ3) is 4.03. The van der Waals surface area contributed by atoms with Crippen molar-refractivity contribution in [2.24, 2.45) is 0 Å². The molecule has 0 saturated carbocycles. The number of benzene rings is 1. The molecule has 20 heavy (non-hydrogen) atoms. The lowest BCUT2D eigenvalue weighted by Crippen LogP contribution is -2.34. The predicted molar refractivity (Wildman–Crippen MR) is 75.7 cm³/mol. The lowest BCUT2D eigenvalue weighted by Gasteiger charge is -2.21. The number of nitrogens with zero attached hydrogens (tertiary/aromatic N) is 2. The molecule has 0 atom stereocenters. The fourth-order valence-electron chi connectivity index (χ4n) is 1.94. The van der Waals surface area contributed by atoms with Gasteiger partial charge in [0.25, 0.3) is 11.6 Å². The van der Waals surface area contributed by atoms with Gasteiger partial charge in [-0.2, -0.15) is 0 Å². The largest absolute Gasteiger partial charge is 0.395 e. The van der Waals surface area contributed by atoms with Gasteiger partial charge in [0.1, 0.15) is 5.56 Å². The first-order valence-corrected chi connectivity index (χ1v) is 6.66. The zero-order chi connectivity index (χ0) is 15.1. The molecular formula is C14H20N2O4. The molecule has 0 unspecified atom stereocenters. The first kappa shape index (κ1) is 16.1. The van der Waals surface area contributed by atoms with Crippen LogP contribution in [0.25, 0.3) is 0 Å². The van der Waals surface area contributed by atoms with E-state index in [1.165, 1.54) is 17.0 Å². The smallest absolute Gasteiger partial charge is 0.282 e. The average molecular weight is 280 g/mol. The Morgan fingerprint density at radius 1 is 1.40 bits per heavy atom. The molecule has 0 aromatic heterocycles. The Balaban J connectivity index is 3.09. The second kappa shape index (κ2) is 7.59. The van der Waals surface area contributed by atoms with Crippen LogP contribution in [0.3, 0.4) is 0 Å². The number of aliphatic hydroxyl groups excluding tert-OH is 1. The van der Waals surface area contributed by atoms with E-state index < -0.39 is 10.8 Å². The zero-order valence-electron chi connectivity index (χ0n) is 11.8. The first-order valence-electron chi connectivity index (χ1n) is 6.66. The molecule has 0 fully saturated rings. The highest BCUT2D eigenvalue weighted by molar-refractivity contribution is 5.98. The summed E-state index contributed by atoms with van der Waals surface area (Å²) in [5, 5.41) is 20.1. The van der Waals surface area contributed by atoms with Crippen molar-refractivity contribution in [2.45, 2.75) is 26.7 Å². The highest BCUT2D eigenvalue weighted by Crippen LogP contribution is 2.21. The number of hydrogen-bond donors (Lipinski definition) is 1. The van der Waals surface area contributed by atoms with E-state index in [4.69, 9.17) is 5.11 Å². The molecule has 1 rings (SSSR count). The standard InChI is InChI=1S/C14H20N2O4/c1-3-4-7-15(8-9-17)14(18)12-10-11(2)5-6-13(12)16(19)20/h5-6,10,17H,3-4,7-9H2,1-2H3. The molecule has 0 aliphatic heterocycles. The molecule has 0 aliphatic carbocycles. The molecule has 6 heteroatoms. The van der Waals surface area contributed by atoms with Crippen molar-refractivity contribution < 1.29 is 14.8 Å². The summed E-state index contributed by atoms with van der Waals surface area (Å²) in [6.45, 7) is 4.29. The maximum absolute atomic E-state index is 12.4. The van der Waals surface area contributed by atoms with Gasteiger partial charge in [-0.25, -0.2) is 0 Å². The monoisotopic (exact) mass is 280 g/mol. The Hall–Kier alpha value is -1.95. The molecule has 0 aliphatic rings. The summed E-state index contributed by atoms with van der Waals surface area (Å²) in [4.78, 5) is 24.4. The van der Waals surface area contributed by atoms with Gasteiger partial charge >= 0.3 is 0 Å². The van der Waals surface area contributed by atoms with E-state index >= 15 is 0 Å². The summed E-state index contributed by atoms with van der Waals surface area (Å²) < 4.78 is 0. The van der Waals surface area contributed by atoms with Crippen LogP contribution in [-0.2, 0) is 0 Å². The van der Waals surface area contributed by atoms with E-state index in [2.05, 4.69) is 0 Å². The maximum atomic E-state index is 12.4. The molecule has 1 N–H and O–H groups in total. The third-order valence-corrected chi connectivity index (χ3v) is 3.02. The minimum Gasteiger partial charge on any atom is -0.395 e. The second-order valence-corrected chi connectivity index (χ2v) is 4.65. The van der Waals surface area contributed by atoms with Gasteiger partial charge in [-0.3, -0.25) is 14.9 Å². The van der Waals surface area contributed by atoms with E-state index in [-0.39, 0.29) is 24.4 Å². The van der Waals surface area contributed by atoms with Crippen molar-refractivity contribution in [2.75, 3.05) is 19.7 Å². The number of carbonyl (C=O) groups excluding carboxylic acids is 1. The van der Waals surface area contributed by atoms with Gasteiger partial charge in [0, 0.05) is 19.2 Å². The first-order chi connectivity index (χ1) is 9.51. The molecule has 0 heterocycles. The molecule has 6 nitrogen and oxygen atoms in total. The predicted octanol–water partition coefficient (Wildman–Crippen LogP) is 2.14. The number of nitro groups is 1. The lowest BCUT2D eigenvalue weighted by atomic mass is 10.1. The number of carbonyl (C=O) groups is 1. The Labute approximate surface area is 118 Å². The molecule has 110 valence electrons. The van der Waals surface area contributed by atoms with Gasteiger partial charge in [0.05, 0.1) is 11.5 Å². The summed E-state index contributed by atoms with van der Waals surface area (Å²) in [7, 11) is 0. The normalized spacial score (nSPS) is 10.3. The van der Waals surface area contributed by atoms with Crippen LogP contribution < -0.4 is 0 Å². The van der Waals surface area contributed by atoms with Crippen LogP contribution in [0.4, 0.5) is 5.69 Å². The maximum Gasteiger partial charge on any atom is 0.282 e. The number of aryl methyl sites for hydroxylation is 1. The van der Waals surface area contributed by atoms with Crippen LogP contribution >= 0.6 is 0 Å². The summed E-state index contributed by atoms with van der Waals surface area (Å²) in [6, 6.07) is 4.48. The van der Waals surface area contributed by atoms with Crippen molar-refractivity contribution in [1.29, 1.82) is 0 Å². The van der Waals surface area contributed by atoms with E-state index in [1.54, 1.807) is 13.0 Å². The van der Waals surface area contributed by atoms with Crippen molar-refractivity contribution in [1.82, 2.24) is 4.90 Å². The summed E-state index contributed by atoms with van der Waals surface area (Å²) >= 11 is 0. The number of nitro benzene ring substituents is 1. The summed E-state index contributed by atoms with van der Waals surface area (Å²) in [5.41, 5.74) is 0.679. The quantitative estimate of drug-likeness (QED) is 0.612. The molecule has 0 radical (unpaired) electrons. The van der Waals surface area contributed by atoms with E-state index in [0.29, 0.717) is 6.54 Å². The summed E-state index contributed by atoms with van der Waals surface area (Å²) in [5.74, 6) is -0.400. The van der Waals surface area contributed by atoms with E-state index in [0.717, 1.165) is 18.4 Å². The molecule has 0 saturated heterocycles. The molecule has 0 spiro atoms. The fraction of sp³-hybridized carbons (Fsp3) is 0.500. The fourth-order valence-corrected chi connectivity index (χ4v) is 1.94. The van der Waals surface area contributed by atoms with Crippen LogP contribution in [0.15, 0.2) is 18.2 Å². The molecule has 1 aromatic rings. The van der Waals surface area contributed by atoms with Gasteiger partial charge in [0.15, 0.2) is 0 Å². The van der Waals surface area contributed by atoms with Gasteiger partial charge in [-0.1, -0.05) is 19.4 Å². The molecular weight excluding hydrogens is 260 g/mol. The van der Waals surface area contributed by atoms with Crippen LogP contribution in [0.1, 0.15) is 35.7 Å². The van der Waals surface area contributed by atoms with Gasteiger partial charge in [0.2, 0.25) is 0 Å². The lowest BCUT2D eigenvalue weighted by molar-refractivity contribution is -0.385. The minimum absolute atomic E-state index is 0.0829. The number of aliphatic hydroxyl groups is 1. The highest BCUT2D eigenvalue weighted by atomic mass is 16.6. The molecule has 1 aromatic carbocycles. The Morgan fingerprint density at radius 3 is 2.65 bits per heavy atom. The molecule has 0 bridgehead atoms. The van der Waals surface area contributed by atoms with Gasteiger partial charge in [-0.05, 0) is 25.0 Å². The van der Waals surface area contributed by atoms with Crippen LogP contribution in [0.2, 0.25) is 0 Å². The van der Waals surface area contributed by atoms with Crippen LogP contribution in [-0.4, -0.2) is 40.5 Å². The van der Waals surface area contributed by atoms with Crippen molar-refractivity contribution in [3.05, 3.63) is 39.4 Å². The van der Waals surface area contributed by atoms with Gasteiger partial charge < -0.3 is 10.0 Å². The number of amides is 1. The Bertz CT molecular complexity index is 488.